The molecule has 0 spiro atoms. The fourth-order valence-corrected chi connectivity index (χ4v) is 2.70. The van der Waals surface area contributed by atoms with Gasteiger partial charge < -0.3 is 10.2 Å². The van der Waals surface area contributed by atoms with Crippen molar-refractivity contribution in [1.29, 1.82) is 0 Å². The molecule has 0 aliphatic carbocycles. The Morgan fingerprint density at radius 3 is 2.90 bits per heavy atom. The van der Waals surface area contributed by atoms with E-state index in [1.165, 1.54) is 5.71 Å². The number of piperidine rings is 1. The van der Waals surface area contributed by atoms with Crippen LogP contribution < -0.4 is 10.2 Å². The van der Waals surface area contributed by atoms with E-state index in [-0.39, 0.29) is 0 Å². The minimum Gasteiger partial charge on any atom is -0.354 e. The monoisotopic (exact) mass is 273 g/mol. The largest absolute Gasteiger partial charge is 0.354 e. The Labute approximate surface area is 119 Å². The lowest BCUT2D eigenvalue weighted by Gasteiger charge is -2.33. The zero-order valence-corrected chi connectivity index (χ0v) is 11.9. The van der Waals surface area contributed by atoms with E-state index in [2.05, 4.69) is 38.6 Å². The molecule has 6 nitrogen and oxygen atoms in total. The van der Waals surface area contributed by atoms with Gasteiger partial charge in [0.2, 0.25) is 0 Å². The fourth-order valence-electron chi connectivity index (χ4n) is 2.70. The van der Waals surface area contributed by atoms with Crippen LogP contribution >= 0.6 is 0 Å². The second-order valence-electron chi connectivity index (χ2n) is 5.37. The molecule has 107 valence electrons. The van der Waals surface area contributed by atoms with E-state index in [0.29, 0.717) is 6.17 Å². The van der Waals surface area contributed by atoms with Crippen molar-refractivity contribution >= 4 is 11.5 Å². The summed E-state index contributed by atoms with van der Waals surface area (Å²) in [6.45, 7) is 5.05. The normalized spacial score (nSPS) is 24.8. The molecule has 2 saturated heterocycles. The van der Waals surface area contributed by atoms with E-state index < -0.39 is 0 Å². The number of piperazine rings is 1. The Bertz CT molecular complexity index is 450. The van der Waals surface area contributed by atoms with Gasteiger partial charge in [-0.1, -0.05) is 0 Å². The molecule has 1 radical (unpaired) electrons. The van der Waals surface area contributed by atoms with Crippen molar-refractivity contribution in [2.45, 2.75) is 19.0 Å². The molecule has 3 rings (SSSR count). The van der Waals surface area contributed by atoms with Gasteiger partial charge in [-0.15, -0.1) is 10.2 Å². The van der Waals surface area contributed by atoms with E-state index in [1.54, 1.807) is 0 Å². The van der Waals surface area contributed by atoms with Crippen LogP contribution in [0.15, 0.2) is 17.1 Å². The first-order valence-corrected chi connectivity index (χ1v) is 7.24. The molecule has 3 heterocycles. The van der Waals surface area contributed by atoms with Crippen LogP contribution in [0, 0.1) is 6.20 Å². The lowest BCUT2D eigenvalue weighted by atomic mass is 10.1. The maximum atomic E-state index is 4.92. The highest BCUT2D eigenvalue weighted by molar-refractivity contribution is 5.86. The molecule has 1 atom stereocenters. The molecule has 1 aromatic rings. The average molecular weight is 273 g/mol. The summed E-state index contributed by atoms with van der Waals surface area (Å²) in [6, 6.07) is 3.78. The number of hydrogen-bond acceptors (Lipinski definition) is 6. The van der Waals surface area contributed by atoms with E-state index in [0.717, 1.165) is 51.4 Å². The topological polar surface area (TPSA) is 56.6 Å². The van der Waals surface area contributed by atoms with Gasteiger partial charge in [-0.05, 0) is 19.2 Å². The molecule has 1 unspecified atom stereocenters. The highest BCUT2D eigenvalue weighted by atomic mass is 15.3. The smallest absolute Gasteiger partial charge is 0.151 e. The van der Waals surface area contributed by atoms with Crippen molar-refractivity contribution in [3.63, 3.8) is 0 Å². The average Bonchev–Trinajstić information content (AvgIpc) is 2.51. The van der Waals surface area contributed by atoms with Gasteiger partial charge in [0.15, 0.2) is 5.82 Å². The zero-order chi connectivity index (χ0) is 13.8. The van der Waals surface area contributed by atoms with E-state index in [9.17, 15) is 0 Å². The second kappa shape index (κ2) is 6.28. The van der Waals surface area contributed by atoms with Gasteiger partial charge >= 0.3 is 0 Å². The summed E-state index contributed by atoms with van der Waals surface area (Å²) in [7, 11) is 2.15. The molecule has 0 saturated carbocycles. The molecule has 0 aromatic carbocycles. The summed E-state index contributed by atoms with van der Waals surface area (Å²) in [5, 5.41) is 11.3. The molecule has 20 heavy (non-hydrogen) atoms. The molecular weight excluding hydrogens is 252 g/mol. The minimum atomic E-state index is 0.302. The maximum absolute atomic E-state index is 4.92. The number of rotatable bonds is 2. The number of likely N-dealkylation sites (N-methyl/N-ethyl adjacent to an activating group) is 1. The quantitative estimate of drug-likeness (QED) is 0.833. The van der Waals surface area contributed by atoms with Crippen molar-refractivity contribution in [3.8, 4) is 0 Å². The van der Waals surface area contributed by atoms with Crippen molar-refractivity contribution in [2.24, 2.45) is 4.99 Å². The Morgan fingerprint density at radius 2 is 2.20 bits per heavy atom. The molecule has 1 N–H and O–H groups in total. The van der Waals surface area contributed by atoms with Gasteiger partial charge in [-0.25, -0.2) is 0 Å². The van der Waals surface area contributed by atoms with Gasteiger partial charge in [-0.2, -0.15) is 0 Å². The summed E-state index contributed by atoms with van der Waals surface area (Å²) in [5.74, 6) is 0.944. The van der Waals surface area contributed by atoms with Crippen molar-refractivity contribution < 1.29 is 0 Å². The van der Waals surface area contributed by atoms with Gasteiger partial charge in [-0.3, -0.25) is 9.89 Å². The van der Waals surface area contributed by atoms with E-state index in [4.69, 9.17) is 4.99 Å². The van der Waals surface area contributed by atoms with Gasteiger partial charge in [0.05, 0.1) is 0 Å². The highest BCUT2D eigenvalue weighted by Gasteiger charge is 2.21. The first kappa shape index (κ1) is 13.5. The lowest BCUT2D eigenvalue weighted by Crippen LogP contribution is -2.49. The SMILES string of the molecule is CN1CCNCC1N=C1CCN(c2cc[c]nn2)CC1. The highest BCUT2D eigenvalue weighted by Crippen LogP contribution is 2.16. The first-order valence-electron chi connectivity index (χ1n) is 7.24. The van der Waals surface area contributed by atoms with Crippen LogP contribution in [-0.2, 0) is 0 Å². The van der Waals surface area contributed by atoms with Crippen LogP contribution in [-0.4, -0.2) is 66.7 Å². The lowest BCUT2D eigenvalue weighted by molar-refractivity contribution is 0.206. The molecule has 2 aliphatic rings. The molecule has 1 aromatic heterocycles. The van der Waals surface area contributed by atoms with Crippen LogP contribution in [0.4, 0.5) is 5.82 Å². The Hall–Kier alpha value is -1.53. The van der Waals surface area contributed by atoms with Gasteiger partial charge in [0, 0.05) is 51.3 Å². The molecule has 0 amide bonds. The minimum absolute atomic E-state index is 0.302. The standard InChI is InChI=1S/C14H21N6/c1-19-10-7-15-11-14(19)17-12-4-8-20(9-5-12)13-3-2-6-16-18-13/h2-3,14-15H,4-5,7-11H2,1H3. The predicted octanol–water partition coefficient (Wildman–Crippen LogP) is 0.179. The number of aliphatic imine (C=N–C) groups is 1. The number of nitrogens with zero attached hydrogens (tertiary/aromatic N) is 5. The van der Waals surface area contributed by atoms with Gasteiger partial charge in [0.25, 0.3) is 0 Å². The Kier molecular flexibility index (Phi) is 4.22. The summed E-state index contributed by atoms with van der Waals surface area (Å²) >= 11 is 0. The summed E-state index contributed by atoms with van der Waals surface area (Å²) < 4.78 is 0. The number of aromatic nitrogens is 2. The molecule has 2 aliphatic heterocycles. The third kappa shape index (κ3) is 3.13. The first-order chi connectivity index (χ1) is 9.83. The molecule has 6 heteroatoms. The zero-order valence-electron chi connectivity index (χ0n) is 11.9. The summed E-state index contributed by atoms with van der Waals surface area (Å²) in [5.41, 5.74) is 1.33. The van der Waals surface area contributed by atoms with Crippen LogP contribution in [0.5, 0.6) is 0 Å². The van der Waals surface area contributed by atoms with Crippen molar-refractivity contribution in [2.75, 3.05) is 44.7 Å². The maximum Gasteiger partial charge on any atom is 0.151 e. The third-order valence-corrected chi connectivity index (χ3v) is 3.99. The Balaban J connectivity index is 1.58. The third-order valence-electron chi connectivity index (χ3n) is 3.99. The summed E-state index contributed by atoms with van der Waals surface area (Å²) in [4.78, 5) is 9.51. The van der Waals surface area contributed by atoms with Crippen LogP contribution in [0.25, 0.3) is 0 Å². The number of nitrogens with one attached hydrogen (secondary N) is 1. The van der Waals surface area contributed by atoms with Crippen molar-refractivity contribution in [1.82, 2.24) is 20.4 Å². The predicted molar refractivity (Wildman–Crippen MR) is 79.0 cm³/mol. The van der Waals surface area contributed by atoms with Crippen LogP contribution in [0.2, 0.25) is 0 Å². The summed E-state index contributed by atoms with van der Waals surface area (Å²) in [6.07, 6.45) is 5.05. The Morgan fingerprint density at radius 1 is 1.35 bits per heavy atom. The fraction of sp³-hybridized carbons (Fsp3) is 0.643. The molecular formula is C14H21N6. The van der Waals surface area contributed by atoms with Crippen LogP contribution in [0.1, 0.15) is 12.8 Å². The number of hydrogen-bond donors (Lipinski definition) is 1. The number of anilines is 1. The van der Waals surface area contributed by atoms with Crippen molar-refractivity contribution in [3.05, 3.63) is 18.3 Å². The van der Waals surface area contributed by atoms with E-state index in [1.807, 2.05) is 12.1 Å². The molecule has 2 fully saturated rings. The van der Waals surface area contributed by atoms with E-state index >= 15 is 0 Å². The second-order valence-corrected chi connectivity index (χ2v) is 5.37. The van der Waals surface area contributed by atoms with Gasteiger partial charge in [0.1, 0.15) is 12.4 Å². The van der Waals surface area contributed by atoms with Crippen LogP contribution in [0.3, 0.4) is 0 Å². The molecule has 0 bridgehead atoms.